The van der Waals surface area contributed by atoms with Crippen LogP contribution in [0.2, 0.25) is 0 Å². The lowest BCUT2D eigenvalue weighted by atomic mass is 10.0. The average Bonchev–Trinajstić information content (AvgIpc) is 2.59. The molecular weight excluding hydrogens is 184 g/mol. The van der Waals surface area contributed by atoms with Crippen LogP contribution in [0, 0.1) is 13.8 Å². The fourth-order valence-electron chi connectivity index (χ4n) is 2.23. The first-order valence-electron chi connectivity index (χ1n) is 5.70. The van der Waals surface area contributed by atoms with Gasteiger partial charge in [0.05, 0.1) is 0 Å². The van der Waals surface area contributed by atoms with Crippen molar-refractivity contribution in [3.8, 4) is 0 Å². The minimum atomic E-state index is 0.384. The summed E-state index contributed by atoms with van der Waals surface area (Å²) in [5, 5.41) is 0. The Morgan fingerprint density at radius 1 is 1.40 bits per heavy atom. The summed E-state index contributed by atoms with van der Waals surface area (Å²) < 4.78 is 0. The Balaban J connectivity index is 2.07. The fourth-order valence-corrected chi connectivity index (χ4v) is 2.23. The fraction of sp³-hybridized carbons (Fsp3) is 0.538. The molecule has 2 nitrogen and oxygen atoms in total. The van der Waals surface area contributed by atoms with Gasteiger partial charge >= 0.3 is 0 Å². The summed E-state index contributed by atoms with van der Waals surface area (Å²) in [5.41, 5.74) is 10.2. The van der Waals surface area contributed by atoms with Gasteiger partial charge in [0.15, 0.2) is 0 Å². The van der Waals surface area contributed by atoms with Crippen molar-refractivity contribution in [1.82, 2.24) is 4.90 Å². The van der Waals surface area contributed by atoms with Crippen molar-refractivity contribution in [2.75, 3.05) is 13.1 Å². The van der Waals surface area contributed by atoms with Crippen LogP contribution >= 0.6 is 0 Å². The molecule has 2 heteroatoms. The number of hydrogen-bond donors (Lipinski definition) is 1. The number of benzene rings is 1. The zero-order valence-corrected chi connectivity index (χ0v) is 9.66. The highest BCUT2D eigenvalue weighted by Crippen LogP contribution is 2.17. The first-order chi connectivity index (χ1) is 7.16. The highest BCUT2D eigenvalue weighted by molar-refractivity contribution is 5.33. The molecule has 0 aliphatic carbocycles. The van der Waals surface area contributed by atoms with Crippen molar-refractivity contribution in [1.29, 1.82) is 0 Å². The van der Waals surface area contributed by atoms with Gasteiger partial charge in [0.25, 0.3) is 0 Å². The van der Waals surface area contributed by atoms with Gasteiger partial charge in [-0.15, -0.1) is 0 Å². The van der Waals surface area contributed by atoms with Gasteiger partial charge in [-0.2, -0.15) is 0 Å². The quantitative estimate of drug-likeness (QED) is 0.796. The maximum Gasteiger partial charge on any atom is 0.0237 e. The maximum absolute atomic E-state index is 5.91. The molecule has 1 aromatic carbocycles. The largest absolute Gasteiger partial charge is 0.326 e. The average molecular weight is 204 g/mol. The van der Waals surface area contributed by atoms with E-state index in [9.17, 15) is 0 Å². The monoisotopic (exact) mass is 204 g/mol. The molecule has 1 saturated heterocycles. The smallest absolute Gasteiger partial charge is 0.0237 e. The Hall–Kier alpha value is -0.860. The van der Waals surface area contributed by atoms with Crippen LogP contribution in [0.5, 0.6) is 0 Å². The molecule has 0 spiro atoms. The van der Waals surface area contributed by atoms with E-state index in [0.717, 1.165) is 26.1 Å². The van der Waals surface area contributed by atoms with Crippen molar-refractivity contribution >= 4 is 0 Å². The number of nitrogens with two attached hydrogens (primary N) is 1. The lowest BCUT2D eigenvalue weighted by Gasteiger charge is -2.17. The van der Waals surface area contributed by atoms with Crippen LogP contribution in [0.15, 0.2) is 18.2 Å². The second-order valence-corrected chi connectivity index (χ2v) is 4.64. The number of likely N-dealkylation sites (tertiary alicyclic amines) is 1. The van der Waals surface area contributed by atoms with Gasteiger partial charge in [-0.25, -0.2) is 0 Å². The second kappa shape index (κ2) is 4.33. The molecule has 0 aromatic heterocycles. The maximum atomic E-state index is 5.91. The van der Waals surface area contributed by atoms with E-state index in [1.165, 1.54) is 16.7 Å². The Morgan fingerprint density at radius 3 is 2.87 bits per heavy atom. The van der Waals surface area contributed by atoms with Crippen LogP contribution in [0.25, 0.3) is 0 Å². The lowest BCUT2D eigenvalue weighted by Crippen LogP contribution is -2.26. The third-order valence-corrected chi connectivity index (χ3v) is 3.42. The molecule has 0 saturated carbocycles. The Bertz CT molecular complexity index is 346. The highest BCUT2D eigenvalue weighted by atomic mass is 15.2. The molecule has 0 amide bonds. The molecule has 15 heavy (non-hydrogen) atoms. The van der Waals surface area contributed by atoms with Crippen LogP contribution in [-0.4, -0.2) is 24.0 Å². The van der Waals surface area contributed by atoms with E-state index in [1.54, 1.807) is 0 Å². The van der Waals surface area contributed by atoms with Gasteiger partial charge in [0.2, 0.25) is 0 Å². The summed E-state index contributed by atoms with van der Waals surface area (Å²) in [6.07, 6.45) is 1.14. The minimum absolute atomic E-state index is 0.384. The van der Waals surface area contributed by atoms with Crippen molar-refractivity contribution in [3.05, 3.63) is 34.9 Å². The molecule has 2 rings (SSSR count). The van der Waals surface area contributed by atoms with Crippen molar-refractivity contribution in [2.24, 2.45) is 5.73 Å². The standard InChI is InChI=1S/C13H20N2/c1-10-4-3-5-12(11(10)2)8-15-7-6-13(14)9-15/h3-5,13H,6-9,14H2,1-2H3/t13-/m1/s1. The van der Waals surface area contributed by atoms with Gasteiger partial charge < -0.3 is 5.73 Å². The molecule has 0 unspecified atom stereocenters. The van der Waals surface area contributed by atoms with E-state index < -0.39 is 0 Å². The van der Waals surface area contributed by atoms with Crippen LogP contribution in [0.1, 0.15) is 23.1 Å². The van der Waals surface area contributed by atoms with Crippen LogP contribution < -0.4 is 5.73 Å². The molecule has 1 aliphatic heterocycles. The predicted molar refractivity (Wildman–Crippen MR) is 63.8 cm³/mol. The molecule has 2 N–H and O–H groups in total. The summed E-state index contributed by atoms with van der Waals surface area (Å²) in [7, 11) is 0. The highest BCUT2D eigenvalue weighted by Gasteiger charge is 2.19. The molecule has 82 valence electrons. The van der Waals surface area contributed by atoms with E-state index in [2.05, 4.69) is 36.9 Å². The number of hydrogen-bond acceptors (Lipinski definition) is 2. The van der Waals surface area contributed by atoms with E-state index in [-0.39, 0.29) is 0 Å². The van der Waals surface area contributed by atoms with Crippen molar-refractivity contribution < 1.29 is 0 Å². The number of nitrogens with zero attached hydrogens (tertiary/aromatic N) is 1. The number of rotatable bonds is 2. The molecule has 0 radical (unpaired) electrons. The first-order valence-corrected chi connectivity index (χ1v) is 5.70. The van der Waals surface area contributed by atoms with Gasteiger partial charge in [0.1, 0.15) is 0 Å². The summed E-state index contributed by atoms with van der Waals surface area (Å²) in [4.78, 5) is 2.45. The minimum Gasteiger partial charge on any atom is -0.326 e. The van der Waals surface area contributed by atoms with Crippen LogP contribution in [-0.2, 0) is 6.54 Å². The second-order valence-electron chi connectivity index (χ2n) is 4.64. The summed E-state index contributed by atoms with van der Waals surface area (Å²) in [6.45, 7) is 7.64. The normalized spacial score (nSPS) is 22.2. The molecule has 0 bridgehead atoms. The molecule has 1 atom stereocenters. The zero-order chi connectivity index (χ0) is 10.8. The molecule has 1 aliphatic rings. The third-order valence-electron chi connectivity index (χ3n) is 3.42. The van der Waals surface area contributed by atoms with Gasteiger partial charge in [-0.3, -0.25) is 4.90 Å². The Kier molecular flexibility index (Phi) is 3.08. The third kappa shape index (κ3) is 2.39. The Morgan fingerprint density at radius 2 is 2.20 bits per heavy atom. The van der Waals surface area contributed by atoms with Crippen molar-refractivity contribution in [3.63, 3.8) is 0 Å². The molecule has 1 aromatic rings. The van der Waals surface area contributed by atoms with E-state index >= 15 is 0 Å². The van der Waals surface area contributed by atoms with Gasteiger partial charge in [0, 0.05) is 25.7 Å². The zero-order valence-electron chi connectivity index (χ0n) is 9.66. The summed E-state index contributed by atoms with van der Waals surface area (Å²) in [6, 6.07) is 6.93. The van der Waals surface area contributed by atoms with Crippen LogP contribution in [0.3, 0.4) is 0 Å². The predicted octanol–water partition coefficient (Wildman–Crippen LogP) is 1.84. The van der Waals surface area contributed by atoms with Crippen LogP contribution in [0.4, 0.5) is 0 Å². The van der Waals surface area contributed by atoms with E-state index in [1.807, 2.05) is 0 Å². The molecule has 1 fully saturated rings. The molecule has 1 heterocycles. The van der Waals surface area contributed by atoms with E-state index in [4.69, 9.17) is 5.73 Å². The lowest BCUT2D eigenvalue weighted by molar-refractivity contribution is 0.326. The summed E-state index contributed by atoms with van der Waals surface area (Å²) >= 11 is 0. The summed E-state index contributed by atoms with van der Waals surface area (Å²) in [5.74, 6) is 0. The number of aryl methyl sites for hydroxylation is 1. The van der Waals surface area contributed by atoms with Gasteiger partial charge in [-0.1, -0.05) is 18.2 Å². The van der Waals surface area contributed by atoms with Crippen molar-refractivity contribution in [2.45, 2.75) is 32.9 Å². The van der Waals surface area contributed by atoms with Gasteiger partial charge in [-0.05, 0) is 37.0 Å². The SMILES string of the molecule is Cc1cccc(CN2CC[C@@H](N)C2)c1C. The first kappa shape index (κ1) is 10.7. The van der Waals surface area contributed by atoms with E-state index in [0.29, 0.717) is 6.04 Å². The Labute approximate surface area is 92.1 Å². The topological polar surface area (TPSA) is 29.3 Å². The molecular formula is C13H20N2.